The van der Waals surface area contributed by atoms with Gasteiger partial charge in [0.2, 0.25) is 0 Å². The van der Waals surface area contributed by atoms with Crippen molar-refractivity contribution in [2.75, 3.05) is 51.5 Å². The van der Waals surface area contributed by atoms with Gasteiger partial charge in [-0.2, -0.15) is 23.5 Å². The summed E-state index contributed by atoms with van der Waals surface area (Å²) in [5.74, 6) is 5.90. The maximum absolute atomic E-state index is 11.3. The third-order valence-electron chi connectivity index (χ3n) is 6.30. The molecule has 0 N–H and O–H groups in total. The number of ketones is 4. The number of hydrogen-bond acceptors (Lipinski definition) is 8. The molecule has 0 aliphatic rings. The van der Waals surface area contributed by atoms with E-state index >= 15 is 0 Å². The zero-order chi connectivity index (χ0) is 35.4. The Morgan fingerprint density at radius 1 is 0.444 bits per heavy atom. The van der Waals surface area contributed by atoms with Gasteiger partial charge in [0.1, 0.15) is 23.1 Å². The van der Waals surface area contributed by atoms with Crippen LogP contribution in [-0.4, -0.2) is 74.6 Å². The Morgan fingerprint density at radius 2 is 0.644 bits per heavy atom. The number of thioether (sulfide) groups is 2. The number of Topliss-reactive ketones (excluding diaryl/α,β-unsaturated/α-hetero) is 4. The Labute approximate surface area is 289 Å². The van der Waals surface area contributed by atoms with Crippen molar-refractivity contribution in [2.24, 2.45) is 47.3 Å². The van der Waals surface area contributed by atoms with Crippen molar-refractivity contribution in [3.05, 3.63) is 0 Å². The summed E-state index contributed by atoms with van der Waals surface area (Å²) >= 11 is 3.49. The molecule has 0 aromatic rings. The first-order valence-electron chi connectivity index (χ1n) is 16.4. The molecule has 6 nitrogen and oxygen atoms in total. The zero-order valence-electron chi connectivity index (χ0n) is 31.5. The highest BCUT2D eigenvalue weighted by atomic mass is 32.2. The quantitative estimate of drug-likeness (QED) is 0.126. The van der Waals surface area contributed by atoms with Gasteiger partial charge in [0.15, 0.2) is 0 Å². The number of rotatable bonds is 20. The molecule has 0 radical (unpaired) electrons. The standard InChI is InChI=1S/2C9H18O2.2C9H18OS.CH4/c4*1-7(2)5-9(10)8(3)6-11-4;/h4*7-8H,5-6H2,1-4H3;1H4. The predicted molar refractivity (Wildman–Crippen MR) is 202 cm³/mol. The molecule has 4 unspecified atom stereocenters. The minimum atomic E-state index is 0. The number of hydrogen-bond donors (Lipinski definition) is 0. The summed E-state index contributed by atoms with van der Waals surface area (Å²) in [6, 6.07) is 0. The van der Waals surface area contributed by atoms with Crippen molar-refractivity contribution in [1.29, 1.82) is 0 Å². The fourth-order valence-corrected chi connectivity index (χ4v) is 5.16. The van der Waals surface area contributed by atoms with E-state index in [2.05, 4.69) is 55.4 Å². The zero-order valence-corrected chi connectivity index (χ0v) is 33.2. The molecule has 0 fully saturated rings. The van der Waals surface area contributed by atoms with Crippen LogP contribution in [0.5, 0.6) is 0 Å². The van der Waals surface area contributed by atoms with Gasteiger partial charge in [0.25, 0.3) is 0 Å². The lowest BCUT2D eigenvalue weighted by Crippen LogP contribution is -2.17. The fourth-order valence-electron chi connectivity index (χ4n) is 3.79. The van der Waals surface area contributed by atoms with Crippen molar-refractivity contribution in [3.8, 4) is 0 Å². The van der Waals surface area contributed by atoms with E-state index in [1.54, 1.807) is 37.7 Å². The Kier molecular flexibility index (Phi) is 41.4. The van der Waals surface area contributed by atoms with E-state index in [1.807, 2.05) is 40.2 Å². The van der Waals surface area contributed by atoms with Gasteiger partial charge in [-0.15, -0.1) is 0 Å². The molecule has 8 heteroatoms. The van der Waals surface area contributed by atoms with Gasteiger partial charge in [-0.3, -0.25) is 19.2 Å². The normalized spacial score (nSPS) is 13.2. The minimum absolute atomic E-state index is 0. The van der Waals surface area contributed by atoms with E-state index in [0.29, 0.717) is 72.9 Å². The lowest BCUT2D eigenvalue weighted by molar-refractivity contribution is -0.125. The highest BCUT2D eigenvalue weighted by Crippen LogP contribution is 2.13. The first-order valence-corrected chi connectivity index (χ1v) is 19.2. The molecule has 4 atom stereocenters. The summed E-state index contributed by atoms with van der Waals surface area (Å²) in [7, 11) is 3.25. The Bertz CT molecular complexity index is 602. The molecule has 0 saturated carbocycles. The lowest BCUT2D eigenvalue weighted by atomic mass is 9.98. The molecule has 0 amide bonds. The fraction of sp³-hybridized carbons (Fsp3) is 0.892. The van der Waals surface area contributed by atoms with Gasteiger partial charge in [0, 0.05) is 75.1 Å². The summed E-state index contributed by atoms with van der Waals surface area (Å²) in [5, 5.41) is 0. The first-order chi connectivity index (χ1) is 20.3. The van der Waals surface area contributed by atoms with E-state index in [0.717, 1.165) is 24.3 Å². The highest BCUT2D eigenvalue weighted by Gasteiger charge is 2.15. The van der Waals surface area contributed by atoms with Gasteiger partial charge in [-0.1, -0.05) is 90.5 Å². The van der Waals surface area contributed by atoms with E-state index in [-0.39, 0.29) is 31.1 Å². The van der Waals surface area contributed by atoms with Gasteiger partial charge < -0.3 is 9.47 Å². The minimum Gasteiger partial charge on any atom is -0.384 e. The van der Waals surface area contributed by atoms with Gasteiger partial charge in [0.05, 0.1) is 13.2 Å². The number of carbonyl (C=O) groups is 4. The molecule has 0 bridgehead atoms. The van der Waals surface area contributed by atoms with Crippen molar-refractivity contribution in [1.82, 2.24) is 0 Å². The lowest BCUT2D eigenvalue weighted by Gasteiger charge is -2.10. The average Bonchev–Trinajstić information content (AvgIpc) is 2.89. The van der Waals surface area contributed by atoms with Crippen LogP contribution < -0.4 is 0 Å². The van der Waals surface area contributed by atoms with E-state index < -0.39 is 0 Å². The molecule has 0 aliphatic heterocycles. The molecule has 0 aromatic heterocycles. The topological polar surface area (TPSA) is 86.7 Å². The van der Waals surface area contributed by atoms with Crippen LogP contribution in [0, 0.1) is 47.3 Å². The molecule has 0 aliphatic carbocycles. The van der Waals surface area contributed by atoms with E-state index in [4.69, 9.17) is 9.47 Å². The average molecular weight is 681 g/mol. The summed E-state index contributed by atoms with van der Waals surface area (Å²) in [6.45, 7) is 25.5. The monoisotopic (exact) mass is 681 g/mol. The second-order valence-electron chi connectivity index (χ2n) is 13.7. The van der Waals surface area contributed by atoms with Crippen molar-refractivity contribution in [2.45, 2.75) is 116 Å². The maximum Gasteiger partial charge on any atom is 0.138 e. The molecule has 0 rings (SSSR count). The van der Waals surface area contributed by atoms with Crippen molar-refractivity contribution < 1.29 is 28.7 Å². The van der Waals surface area contributed by atoms with Gasteiger partial charge in [-0.05, 0) is 36.2 Å². The second-order valence-corrected chi connectivity index (χ2v) is 15.5. The largest absolute Gasteiger partial charge is 0.384 e. The SMILES string of the molecule is C.COCC(C)C(=O)CC(C)C.COCC(C)C(=O)CC(C)C.CSCC(C)C(=O)CC(C)C.CSCC(C)C(=O)CC(C)C. The number of carbonyl (C=O) groups excluding carboxylic acids is 4. The van der Waals surface area contributed by atoms with E-state index in [1.165, 1.54) is 0 Å². The predicted octanol–water partition coefficient (Wildman–Crippen LogP) is 9.61. The van der Waals surface area contributed by atoms with E-state index in [9.17, 15) is 19.2 Å². The Morgan fingerprint density at radius 3 is 0.800 bits per heavy atom. The Hall–Kier alpha value is -0.700. The summed E-state index contributed by atoms with van der Waals surface area (Å²) in [4.78, 5) is 45.2. The first kappa shape index (κ1) is 53.8. The van der Waals surface area contributed by atoms with Crippen LogP contribution in [0.3, 0.4) is 0 Å². The summed E-state index contributed by atoms with van der Waals surface area (Å²) < 4.78 is 9.77. The van der Waals surface area contributed by atoms with Gasteiger partial charge >= 0.3 is 0 Å². The van der Waals surface area contributed by atoms with Crippen LogP contribution in [-0.2, 0) is 28.7 Å². The van der Waals surface area contributed by atoms with Crippen molar-refractivity contribution >= 4 is 46.7 Å². The van der Waals surface area contributed by atoms with Crippen LogP contribution in [0.15, 0.2) is 0 Å². The van der Waals surface area contributed by atoms with Crippen LogP contribution in [0.2, 0.25) is 0 Å². The van der Waals surface area contributed by atoms with Crippen LogP contribution >= 0.6 is 23.5 Å². The van der Waals surface area contributed by atoms with Crippen LogP contribution in [0.25, 0.3) is 0 Å². The third-order valence-corrected chi connectivity index (χ3v) is 7.97. The van der Waals surface area contributed by atoms with Gasteiger partial charge in [-0.25, -0.2) is 0 Å². The third kappa shape index (κ3) is 39.4. The van der Waals surface area contributed by atoms with Crippen LogP contribution in [0.1, 0.15) is 116 Å². The molecule has 0 heterocycles. The molecule has 45 heavy (non-hydrogen) atoms. The molecule has 0 saturated heterocycles. The smallest absolute Gasteiger partial charge is 0.138 e. The maximum atomic E-state index is 11.3. The molecular weight excluding hydrogens is 605 g/mol. The number of ether oxygens (including phenoxy) is 2. The summed E-state index contributed by atoms with van der Waals surface area (Å²) in [5.41, 5.74) is 0. The van der Waals surface area contributed by atoms with Crippen molar-refractivity contribution in [3.63, 3.8) is 0 Å². The molecule has 0 aromatic carbocycles. The molecular formula is C37H76O6S2. The second kappa shape index (κ2) is 34.6. The summed E-state index contributed by atoms with van der Waals surface area (Å²) in [6.07, 6.45) is 6.90. The molecule has 272 valence electrons. The Balaban J connectivity index is -0.000000157. The molecule has 0 spiro atoms. The van der Waals surface area contributed by atoms with Crippen LogP contribution in [0.4, 0.5) is 0 Å². The number of methoxy groups -OCH3 is 2. The highest BCUT2D eigenvalue weighted by molar-refractivity contribution is 7.98.